The van der Waals surface area contributed by atoms with Gasteiger partial charge in [-0.3, -0.25) is 4.52 Å². The van der Waals surface area contributed by atoms with E-state index in [9.17, 15) is 32.5 Å². The number of aliphatic imine (C=N–C) groups is 1. The number of hydrogen-bond acceptors (Lipinski definition) is 11. The van der Waals surface area contributed by atoms with Gasteiger partial charge in [-0.15, -0.1) is 0 Å². The number of phosphoric ester groups is 1. The Bertz CT molecular complexity index is 896. The highest BCUT2D eigenvalue weighted by Gasteiger charge is 2.67. The van der Waals surface area contributed by atoms with Gasteiger partial charge < -0.3 is 40.1 Å². The molecule has 1 saturated heterocycles. The van der Waals surface area contributed by atoms with Gasteiger partial charge in [0.15, 0.2) is 12.3 Å². The van der Waals surface area contributed by atoms with Gasteiger partial charge >= 0.3 is 29.4 Å². The lowest BCUT2D eigenvalue weighted by Crippen LogP contribution is -2.50. The van der Waals surface area contributed by atoms with Gasteiger partial charge in [-0.2, -0.15) is 17.4 Å². The fourth-order valence-electron chi connectivity index (χ4n) is 2.71. The first-order valence-corrected chi connectivity index (χ1v) is 12.7. The molecular weight excluding hydrogens is 497 g/mol. The third-order valence-electron chi connectivity index (χ3n) is 4.18. The van der Waals surface area contributed by atoms with Gasteiger partial charge in [-0.05, 0) is 12.5 Å². The molecule has 1 fully saturated rings. The van der Waals surface area contributed by atoms with Crippen LogP contribution in [-0.2, 0) is 31.6 Å². The molecule has 15 nitrogen and oxygen atoms in total. The van der Waals surface area contributed by atoms with E-state index in [2.05, 4.69) is 18.1 Å². The summed E-state index contributed by atoms with van der Waals surface area (Å²) in [6.45, 7) is -0.307. The van der Waals surface area contributed by atoms with E-state index in [1.54, 1.807) is 0 Å². The first kappa shape index (κ1) is 26.5. The Morgan fingerprint density at radius 1 is 1.26 bits per heavy atom. The van der Waals surface area contributed by atoms with Crippen LogP contribution in [0.15, 0.2) is 17.3 Å². The Hall–Kier alpha value is -0.800. The molecule has 2 unspecified atom stereocenters. The zero-order valence-corrected chi connectivity index (χ0v) is 18.3. The number of nitrogens with zero attached hydrogens (tertiary/aromatic N) is 2. The van der Waals surface area contributed by atoms with Crippen molar-refractivity contribution in [1.29, 1.82) is 0 Å². The third-order valence-corrected chi connectivity index (χ3v) is 7.96. The smallest absolute Gasteiger partial charge is 0.384 e. The van der Waals surface area contributed by atoms with Gasteiger partial charge in [0.25, 0.3) is 0 Å². The van der Waals surface area contributed by atoms with Crippen molar-refractivity contribution in [2.45, 2.75) is 37.2 Å². The summed E-state index contributed by atoms with van der Waals surface area (Å²) in [5.41, 5.74) is 3.13. The molecule has 0 saturated carbocycles. The van der Waals surface area contributed by atoms with Crippen LogP contribution in [0.3, 0.4) is 0 Å². The summed E-state index contributed by atoms with van der Waals surface area (Å²) in [7, 11) is -17.0. The first-order chi connectivity index (χ1) is 13.9. The van der Waals surface area contributed by atoms with Crippen LogP contribution in [0, 0.1) is 0 Å². The number of amidine groups is 1. The van der Waals surface area contributed by atoms with Crippen LogP contribution < -0.4 is 5.73 Å². The number of halogens is 2. The normalized spacial score (nSPS) is 32.4. The average Bonchev–Trinajstić information content (AvgIpc) is 2.79. The van der Waals surface area contributed by atoms with Crippen LogP contribution in [0.4, 0.5) is 8.78 Å². The monoisotopic (exact) mass is 517 g/mol. The SMILES string of the molecule is CC[C@]1(COP(=O)(O)OP(=O)(O)OP(=O)(O)O)O[C@@H](N2C=CC(N)=NC2)C(F)(F)[C@@H]1O. The minimum absolute atomic E-state index is 0.0625. The highest BCUT2D eigenvalue weighted by Crippen LogP contribution is 2.66. The van der Waals surface area contributed by atoms with E-state index in [4.69, 9.17) is 25.2 Å². The molecule has 0 aromatic heterocycles. The van der Waals surface area contributed by atoms with Crippen LogP contribution in [0.2, 0.25) is 0 Å². The number of rotatable bonds is 9. The van der Waals surface area contributed by atoms with E-state index in [1.165, 1.54) is 13.0 Å². The highest BCUT2D eigenvalue weighted by atomic mass is 31.3. The Labute approximate surface area is 173 Å². The lowest BCUT2D eigenvalue weighted by atomic mass is 9.93. The number of phosphoric acid groups is 3. The molecule has 5 atom stereocenters. The van der Waals surface area contributed by atoms with Crippen LogP contribution in [0.1, 0.15) is 13.3 Å². The fraction of sp³-hybridized carbons (Fsp3) is 0.727. The summed E-state index contributed by atoms with van der Waals surface area (Å²) in [5.74, 6) is -3.87. The molecule has 2 aliphatic rings. The fourth-order valence-corrected chi connectivity index (χ4v) is 5.79. The molecule has 0 radical (unpaired) electrons. The second kappa shape index (κ2) is 8.86. The minimum atomic E-state index is -5.80. The van der Waals surface area contributed by atoms with Gasteiger partial charge in [0.1, 0.15) is 18.1 Å². The largest absolute Gasteiger partial charge is 0.490 e. The molecule has 20 heteroatoms. The Balaban J connectivity index is 2.16. The van der Waals surface area contributed by atoms with E-state index in [0.717, 1.165) is 11.1 Å². The topological polar surface area (TPSA) is 231 Å². The second-order valence-electron chi connectivity index (χ2n) is 6.38. The van der Waals surface area contributed by atoms with Gasteiger partial charge in [0.05, 0.1) is 6.61 Å². The predicted octanol–water partition coefficient (Wildman–Crippen LogP) is -0.0250. The minimum Gasteiger partial charge on any atom is -0.384 e. The third kappa shape index (κ3) is 6.38. The van der Waals surface area contributed by atoms with Crippen molar-refractivity contribution in [2.75, 3.05) is 13.3 Å². The van der Waals surface area contributed by atoms with Gasteiger partial charge in [0.2, 0.25) is 0 Å². The number of ether oxygens (including phenoxy) is 1. The Morgan fingerprint density at radius 2 is 1.87 bits per heavy atom. The molecule has 0 aliphatic carbocycles. The number of alkyl halides is 2. The zero-order valence-electron chi connectivity index (χ0n) is 15.6. The predicted molar refractivity (Wildman–Crippen MR) is 96.1 cm³/mol. The standard InChI is InChI=1S/C11H20F2N3O12P3/c1-2-10(5-25-30(21,22)28-31(23,24)27-29(18,19)20)8(17)11(12,13)9(26-10)16-4-3-7(14)15-6-16/h3-4,8-9,17H,2,5-6H2,1H3,(H2,14,15)(H,21,22)(H,23,24)(H2,18,19,20)/t8-,9-,10-/m1/s1. The van der Waals surface area contributed by atoms with Crippen molar-refractivity contribution in [3.05, 3.63) is 12.3 Å². The van der Waals surface area contributed by atoms with E-state index < -0.39 is 53.9 Å². The van der Waals surface area contributed by atoms with E-state index in [0.29, 0.717) is 0 Å². The maximum atomic E-state index is 14.7. The number of aliphatic hydroxyl groups excluding tert-OH is 1. The molecule has 7 N–H and O–H groups in total. The molecule has 180 valence electrons. The number of aliphatic hydroxyl groups is 1. The van der Waals surface area contributed by atoms with Crippen molar-refractivity contribution < 1.29 is 65.0 Å². The Kier molecular flexibility index (Phi) is 7.56. The molecule has 0 aromatic rings. The molecule has 0 aromatic carbocycles. The van der Waals surface area contributed by atoms with E-state index >= 15 is 0 Å². The van der Waals surface area contributed by atoms with Crippen molar-refractivity contribution in [3.8, 4) is 0 Å². The molecule has 2 rings (SSSR count). The molecule has 31 heavy (non-hydrogen) atoms. The quantitative estimate of drug-likeness (QED) is 0.221. The zero-order chi connectivity index (χ0) is 23.9. The summed E-state index contributed by atoms with van der Waals surface area (Å²) >= 11 is 0. The Morgan fingerprint density at radius 3 is 2.35 bits per heavy atom. The molecule has 0 bridgehead atoms. The molecule has 0 amide bonds. The first-order valence-electron chi connectivity index (χ1n) is 8.19. The van der Waals surface area contributed by atoms with Crippen LogP contribution in [-0.4, -0.2) is 72.5 Å². The van der Waals surface area contributed by atoms with Crippen molar-refractivity contribution in [2.24, 2.45) is 10.7 Å². The lowest BCUT2D eigenvalue weighted by molar-refractivity contribution is -0.162. The summed E-state index contributed by atoms with van der Waals surface area (Å²) in [5, 5.41) is 10.2. The molecule has 2 aliphatic heterocycles. The van der Waals surface area contributed by atoms with Crippen molar-refractivity contribution in [3.63, 3.8) is 0 Å². The lowest BCUT2D eigenvalue weighted by Gasteiger charge is -2.32. The molecule has 2 heterocycles. The maximum absolute atomic E-state index is 14.7. The average molecular weight is 517 g/mol. The maximum Gasteiger partial charge on any atom is 0.490 e. The summed E-state index contributed by atoms with van der Waals surface area (Å²) in [4.78, 5) is 40.3. The number of hydrogen-bond donors (Lipinski definition) is 6. The van der Waals surface area contributed by atoms with Crippen LogP contribution >= 0.6 is 23.5 Å². The van der Waals surface area contributed by atoms with Crippen LogP contribution in [0.5, 0.6) is 0 Å². The summed E-state index contributed by atoms with van der Waals surface area (Å²) in [6.07, 6.45) is -2.70. The molecular formula is C11H20F2N3O12P3. The summed E-state index contributed by atoms with van der Waals surface area (Å²) in [6, 6.07) is 0. The second-order valence-corrected chi connectivity index (χ2v) is 10.8. The number of nitrogens with two attached hydrogens (primary N) is 1. The van der Waals surface area contributed by atoms with Crippen molar-refractivity contribution in [1.82, 2.24) is 4.90 Å². The highest BCUT2D eigenvalue weighted by molar-refractivity contribution is 7.66. The summed E-state index contributed by atoms with van der Waals surface area (Å²) < 4.78 is 80.0. The molecule has 0 spiro atoms. The van der Waals surface area contributed by atoms with Gasteiger partial charge in [-0.1, -0.05) is 6.92 Å². The van der Waals surface area contributed by atoms with Crippen molar-refractivity contribution >= 4 is 29.3 Å². The van der Waals surface area contributed by atoms with Gasteiger partial charge in [-0.25, -0.2) is 18.7 Å². The van der Waals surface area contributed by atoms with E-state index in [1.807, 2.05) is 0 Å². The van der Waals surface area contributed by atoms with E-state index in [-0.39, 0.29) is 18.9 Å². The van der Waals surface area contributed by atoms with Crippen LogP contribution in [0.25, 0.3) is 0 Å². The van der Waals surface area contributed by atoms with Gasteiger partial charge in [0, 0.05) is 6.20 Å².